The first kappa shape index (κ1) is 19.5. The summed E-state index contributed by atoms with van der Waals surface area (Å²) in [4.78, 5) is 14.7. The van der Waals surface area contributed by atoms with Gasteiger partial charge in [0.1, 0.15) is 0 Å². The van der Waals surface area contributed by atoms with E-state index >= 15 is 0 Å². The number of nitrogens with zero attached hydrogens (tertiary/aromatic N) is 1. The van der Waals surface area contributed by atoms with Crippen LogP contribution in [0, 0.1) is 5.41 Å². The number of carbonyl (C=O) groups is 1. The van der Waals surface area contributed by atoms with Gasteiger partial charge in [-0.05, 0) is 29.2 Å². The highest BCUT2D eigenvalue weighted by Crippen LogP contribution is 2.28. The van der Waals surface area contributed by atoms with Crippen molar-refractivity contribution in [3.8, 4) is 0 Å². The zero-order valence-electron chi connectivity index (χ0n) is 14.2. The molecular formula is C19H27ClN2O. The highest BCUT2D eigenvalue weighted by Gasteiger charge is 2.35. The quantitative estimate of drug-likeness (QED) is 0.868. The summed E-state index contributed by atoms with van der Waals surface area (Å²) in [5, 5.41) is 2.41. The van der Waals surface area contributed by atoms with Crippen molar-refractivity contribution in [1.29, 1.82) is 0 Å². The van der Waals surface area contributed by atoms with E-state index < -0.39 is 5.41 Å². The normalized spacial score (nSPS) is 11.1. The van der Waals surface area contributed by atoms with Crippen molar-refractivity contribution in [2.45, 2.75) is 33.2 Å². The molecule has 0 aromatic heterocycles. The molecule has 0 aliphatic carbocycles. The van der Waals surface area contributed by atoms with Crippen molar-refractivity contribution >= 4 is 29.1 Å². The zero-order chi connectivity index (χ0) is 16.2. The number of hydrogen-bond donors (Lipinski definition) is 1. The molecule has 2 aromatic rings. The second-order valence-electron chi connectivity index (χ2n) is 5.99. The lowest BCUT2D eigenvalue weighted by molar-refractivity contribution is -0.141. The SMILES string of the molecule is CCC(CC)(CN)C(=O)N(C)Cc1cccc2ccccc12.Cl. The van der Waals surface area contributed by atoms with Gasteiger partial charge in [0, 0.05) is 20.1 Å². The largest absolute Gasteiger partial charge is 0.341 e. The first-order chi connectivity index (χ1) is 10.6. The molecule has 0 radical (unpaired) electrons. The number of fused-ring (bicyclic) bond motifs is 1. The molecule has 0 aliphatic rings. The summed E-state index contributed by atoms with van der Waals surface area (Å²) < 4.78 is 0. The fraction of sp³-hybridized carbons (Fsp3) is 0.421. The molecular weight excluding hydrogens is 308 g/mol. The van der Waals surface area contributed by atoms with Gasteiger partial charge in [0.05, 0.1) is 5.41 Å². The number of carbonyl (C=O) groups excluding carboxylic acids is 1. The van der Waals surface area contributed by atoms with E-state index in [4.69, 9.17) is 5.73 Å². The number of hydrogen-bond acceptors (Lipinski definition) is 2. The minimum atomic E-state index is -0.431. The predicted octanol–water partition coefficient (Wildman–Crippen LogP) is 3.99. The van der Waals surface area contributed by atoms with Crippen LogP contribution in [0.2, 0.25) is 0 Å². The Bertz CT molecular complexity index is 639. The summed E-state index contributed by atoms with van der Waals surface area (Å²) in [6.07, 6.45) is 1.55. The van der Waals surface area contributed by atoms with Crippen LogP contribution in [0.4, 0.5) is 0 Å². The Hall–Kier alpha value is -1.58. The van der Waals surface area contributed by atoms with E-state index in [2.05, 4.69) is 24.3 Å². The molecule has 1 amide bonds. The molecule has 4 heteroatoms. The van der Waals surface area contributed by atoms with Gasteiger partial charge in [-0.25, -0.2) is 0 Å². The average Bonchev–Trinajstić information content (AvgIpc) is 2.57. The highest BCUT2D eigenvalue weighted by molar-refractivity contribution is 5.87. The van der Waals surface area contributed by atoms with Gasteiger partial charge in [-0.2, -0.15) is 0 Å². The second-order valence-corrected chi connectivity index (χ2v) is 5.99. The van der Waals surface area contributed by atoms with E-state index in [0.717, 1.165) is 12.8 Å². The summed E-state index contributed by atoms with van der Waals surface area (Å²) in [7, 11) is 1.87. The zero-order valence-corrected chi connectivity index (χ0v) is 15.0. The van der Waals surface area contributed by atoms with Crippen LogP contribution >= 0.6 is 12.4 Å². The van der Waals surface area contributed by atoms with Crippen molar-refractivity contribution in [2.75, 3.05) is 13.6 Å². The maximum Gasteiger partial charge on any atom is 0.230 e. The van der Waals surface area contributed by atoms with Gasteiger partial charge in [-0.1, -0.05) is 56.3 Å². The molecule has 0 bridgehead atoms. The van der Waals surface area contributed by atoms with Crippen molar-refractivity contribution in [3.63, 3.8) is 0 Å². The fourth-order valence-corrected chi connectivity index (χ4v) is 3.09. The maximum atomic E-state index is 12.8. The smallest absolute Gasteiger partial charge is 0.230 e. The number of nitrogens with two attached hydrogens (primary N) is 1. The maximum absolute atomic E-state index is 12.8. The van der Waals surface area contributed by atoms with Gasteiger partial charge in [0.2, 0.25) is 5.91 Å². The standard InChI is InChI=1S/C19H26N2O.ClH/c1-4-19(5-2,14-20)18(22)21(3)13-16-11-8-10-15-9-6-7-12-17(15)16;/h6-12H,4-5,13-14,20H2,1-3H3;1H. The lowest BCUT2D eigenvalue weighted by atomic mass is 9.81. The van der Waals surface area contributed by atoms with Crippen molar-refractivity contribution in [2.24, 2.45) is 11.1 Å². The monoisotopic (exact) mass is 334 g/mol. The van der Waals surface area contributed by atoms with E-state index in [1.807, 2.05) is 44.0 Å². The Kier molecular flexibility index (Phi) is 7.04. The van der Waals surface area contributed by atoms with E-state index in [-0.39, 0.29) is 18.3 Å². The minimum Gasteiger partial charge on any atom is -0.341 e. The Labute approximate surface area is 145 Å². The molecule has 0 saturated heterocycles. The van der Waals surface area contributed by atoms with Gasteiger partial charge >= 0.3 is 0 Å². The van der Waals surface area contributed by atoms with Crippen molar-refractivity contribution in [3.05, 3.63) is 48.0 Å². The van der Waals surface area contributed by atoms with Crippen LogP contribution in [0.1, 0.15) is 32.3 Å². The Morgan fingerprint density at radius 2 is 1.70 bits per heavy atom. The molecule has 0 unspecified atom stereocenters. The number of benzene rings is 2. The molecule has 0 aliphatic heterocycles. The number of rotatable bonds is 6. The number of halogens is 1. The summed E-state index contributed by atoms with van der Waals surface area (Å²) in [5.41, 5.74) is 6.65. The molecule has 0 fully saturated rings. The van der Waals surface area contributed by atoms with Gasteiger partial charge in [0.25, 0.3) is 0 Å². The number of amides is 1. The molecule has 126 valence electrons. The van der Waals surface area contributed by atoms with Gasteiger partial charge in [-0.3, -0.25) is 4.79 Å². The van der Waals surface area contributed by atoms with Crippen LogP contribution in [0.3, 0.4) is 0 Å². The topological polar surface area (TPSA) is 46.3 Å². The Morgan fingerprint density at radius 1 is 1.09 bits per heavy atom. The lowest BCUT2D eigenvalue weighted by Gasteiger charge is -2.33. The molecule has 2 aromatic carbocycles. The van der Waals surface area contributed by atoms with Gasteiger partial charge in [0.15, 0.2) is 0 Å². The molecule has 0 heterocycles. The Balaban J connectivity index is 0.00000264. The molecule has 0 spiro atoms. The second kappa shape index (κ2) is 8.32. The van der Waals surface area contributed by atoms with E-state index in [1.165, 1.54) is 16.3 Å². The summed E-state index contributed by atoms with van der Waals surface area (Å²) >= 11 is 0. The third-order valence-corrected chi connectivity index (χ3v) is 4.83. The van der Waals surface area contributed by atoms with Crippen LogP contribution in [0.25, 0.3) is 10.8 Å². The van der Waals surface area contributed by atoms with Crippen molar-refractivity contribution in [1.82, 2.24) is 4.90 Å². The molecule has 3 nitrogen and oxygen atoms in total. The first-order valence-electron chi connectivity index (χ1n) is 8.00. The van der Waals surface area contributed by atoms with Crippen LogP contribution in [0.15, 0.2) is 42.5 Å². The molecule has 23 heavy (non-hydrogen) atoms. The van der Waals surface area contributed by atoms with Crippen molar-refractivity contribution < 1.29 is 4.79 Å². The summed E-state index contributed by atoms with van der Waals surface area (Å²) in [6.45, 7) is 5.10. The summed E-state index contributed by atoms with van der Waals surface area (Å²) in [6, 6.07) is 14.5. The van der Waals surface area contributed by atoms with Gasteiger partial charge < -0.3 is 10.6 Å². The Morgan fingerprint density at radius 3 is 2.30 bits per heavy atom. The van der Waals surface area contributed by atoms with Crippen LogP contribution in [-0.4, -0.2) is 24.4 Å². The third kappa shape index (κ3) is 3.85. The average molecular weight is 335 g/mol. The van der Waals surface area contributed by atoms with E-state index in [9.17, 15) is 4.79 Å². The van der Waals surface area contributed by atoms with E-state index in [0.29, 0.717) is 13.1 Å². The first-order valence-corrected chi connectivity index (χ1v) is 8.00. The van der Waals surface area contributed by atoms with Gasteiger partial charge in [-0.15, -0.1) is 12.4 Å². The molecule has 0 saturated carbocycles. The van der Waals surface area contributed by atoms with Crippen LogP contribution in [0.5, 0.6) is 0 Å². The lowest BCUT2D eigenvalue weighted by Crippen LogP contribution is -2.45. The predicted molar refractivity (Wildman–Crippen MR) is 99.7 cm³/mol. The fourth-order valence-electron chi connectivity index (χ4n) is 3.09. The van der Waals surface area contributed by atoms with E-state index in [1.54, 1.807) is 0 Å². The molecule has 0 atom stereocenters. The molecule has 2 N–H and O–H groups in total. The third-order valence-electron chi connectivity index (χ3n) is 4.83. The molecule has 2 rings (SSSR count). The van der Waals surface area contributed by atoms with Crippen LogP contribution in [-0.2, 0) is 11.3 Å². The summed E-state index contributed by atoms with van der Waals surface area (Å²) in [5.74, 6) is 0.146. The minimum absolute atomic E-state index is 0. The van der Waals surface area contributed by atoms with Crippen LogP contribution < -0.4 is 5.73 Å². The highest BCUT2D eigenvalue weighted by atomic mass is 35.5.